The molecule has 180 valence electrons. The van der Waals surface area contributed by atoms with E-state index in [4.69, 9.17) is 21.3 Å². The molecule has 3 heterocycles. The van der Waals surface area contributed by atoms with Gasteiger partial charge in [-0.2, -0.15) is 0 Å². The Bertz CT molecular complexity index is 1440. The fourth-order valence-corrected chi connectivity index (χ4v) is 6.44. The molecule has 2 aromatic carbocycles. The average molecular weight is 525 g/mol. The fourth-order valence-electron chi connectivity index (χ4n) is 4.25. The minimum absolute atomic E-state index is 0.0313. The van der Waals surface area contributed by atoms with Crippen molar-refractivity contribution in [2.45, 2.75) is 50.6 Å². The van der Waals surface area contributed by atoms with Crippen LogP contribution in [0.25, 0.3) is 10.2 Å². The summed E-state index contributed by atoms with van der Waals surface area (Å²) in [6.07, 6.45) is 1.38. The molecule has 0 amide bonds. The van der Waals surface area contributed by atoms with Crippen LogP contribution in [-0.4, -0.2) is 26.7 Å². The second-order valence-corrected chi connectivity index (χ2v) is 11.7. The number of halogens is 1. The summed E-state index contributed by atoms with van der Waals surface area (Å²) in [5, 5.41) is 1.85. The van der Waals surface area contributed by atoms with Crippen molar-refractivity contribution in [2.24, 2.45) is 0 Å². The van der Waals surface area contributed by atoms with Crippen LogP contribution in [0.4, 0.5) is 0 Å². The van der Waals surface area contributed by atoms with Crippen molar-refractivity contribution < 1.29 is 9.53 Å². The molecule has 0 spiro atoms. The van der Waals surface area contributed by atoms with E-state index in [0.717, 1.165) is 20.8 Å². The third kappa shape index (κ3) is 5.23. The number of thiophene rings is 1. The number of ketones is 1. The molecule has 5 nitrogen and oxygen atoms in total. The monoisotopic (exact) mass is 524 g/mol. The minimum atomic E-state index is -0.319. The number of carbonyl (C=O) groups excluding carboxylic acids is 1. The first-order valence-electron chi connectivity index (χ1n) is 11.5. The Hall–Kier alpha value is -2.45. The number of hydrogen-bond acceptors (Lipinski definition) is 6. The number of benzene rings is 2. The number of aryl methyl sites for hydroxylation is 1. The Kier molecular flexibility index (Phi) is 6.86. The summed E-state index contributed by atoms with van der Waals surface area (Å²) in [6, 6.07) is 16.9. The number of thioether (sulfide) groups is 1. The zero-order valence-electron chi connectivity index (χ0n) is 19.5. The van der Waals surface area contributed by atoms with Gasteiger partial charge in [0.05, 0.1) is 23.3 Å². The highest BCUT2D eigenvalue weighted by molar-refractivity contribution is 7.99. The van der Waals surface area contributed by atoms with Gasteiger partial charge in [-0.1, -0.05) is 53.7 Å². The van der Waals surface area contributed by atoms with Gasteiger partial charge in [0.1, 0.15) is 4.83 Å². The summed E-state index contributed by atoms with van der Waals surface area (Å²) in [5.41, 5.74) is 2.44. The zero-order chi connectivity index (χ0) is 24.6. The Morgan fingerprint density at radius 3 is 2.66 bits per heavy atom. The van der Waals surface area contributed by atoms with Gasteiger partial charge in [0, 0.05) is 28.4 Å². The van der Waals surface area contributed by atoms with Gasteiger partial charge in [-0.05, 0) is 55.7 Å². The normalized spacial score (nSPS) is 14.7. The van der Waals surface area contributed by atoms with E-state index in [1.54, 1.807) is 28.8 Å². The lowest BCUT2D eigenvalue weighted by molar-refractivity contribution is -0.0379. The molecule has 0 aliphatic carbocycles. The maximum absolute atomic E-state index is 13.8. The summed E-state index contributed by atoms with van der Waals surface area (Å²) in [5.74, 6) is 0.155. The van der Waals surface area contributed by atoms with E-state index in [1.165, 1.54) is 23.1 Å². The molecule has 2 aromatic heterocycles. The van der Waals surface area contributed by atoms with Crippen molar-refractivity contribution in [3.8, 4) is 0 Å². The van der Waals surface area contributed by atoms with Gasteiger partial charge in [0.15, 0.2) is 10.9 Å². The van der Waals surface area contributed by atoms with Crippen molar-refractivity contribution in [1.82, 2.24) is 9.55 Å². The zero-order valence-corrected chi connectivity index (χ0v) is 21.9. The molecule has 0 saturated heterocycles. The fraction of sp³-hybridized carbons (Fsp3) is 0.296. The van der Waals surface area contributed by atoms with E-state index in [2.05, 4.69) is 12.1 Å². The van der Waals surface area contributed by atoms with Crippen LogP contribution in [0.5, 0.6) is 0 Å². The molecular weight excluding hydrogens is 500 g/mol. The standard InChI is InChI=1S/C27H25ClN2O3S2/c1-27(2)14-20-22(15-33-27)35-24-23(20)25(32)30(13-12-17-6-4-3-5-7-17)26(29-24)34-16-21(31)18-8-10-19(28)11-9-18/h3-11H,12-16H2,1-2H3. The number of ether oxygens (including phenoxy) is 1. The molecule has 0 N–H and O–H groups in total. The first kappa shape index (κ1) is 24.3. The van der Waals surface area contributed by atoms with Crippen LogP contribution in [0.3, 0.4) is 0 Å². The van der Waals surface area contributed by atoms with E-state index in [9.17, 15) is 9.59 Å². The third-order valence-corrected chi connectivity index (χ3v) is 8.45. The number of aromatic nitrogens is 2. The largest absolute Gasteiger partial charge is 0.370 e. The SMILES string of the molecule is CC1(C)Cc2c(sc3nc(SCC(=O)c4ccc(Cl)cc4)n(CCc4ccccc4)c(=O)c23)CO1. The van der Waals surface area contributed by atoms with Gasteiger partial charge in [-0.3, -0.25) is 14.2 Å². The maximum atomic E-state index is 13.8. The Morgan fingerprint density at radius 1 is 1.17 bits per heavy atom. The van der Waals surface area contributed by atoms with Crippen LogP contribution in [0, 0.1) is 0 Å². The minimum Gasteiger partial charge on any atom is -0.370 e. The molecule has 0 saturated carbocycles. The Morgan fingerprint density at radius 2 is 1.91 bits per heavy atom. The second-order valence-electron chi connectivity index (χ2n) is 9.21. The molecule has 35 heavy (non-hydrogen) atoms. The number of hydrogen-bond donors (Lipinski definition) is 0. The smallest absolute Gasteiger partial charge is 0.263 e. The van der Waals surface area contributed by atoms with Gasteiger partial charge < -0.3 is 4.74 Å². The Labute approximate surface area is 217 Å². The molecule has 5 rings (SSSR count). The lowest BCUT2D eigenvalue weighted by Crippen LogP contribution is -2.32. The third-order valence-electron chi connectivity index (χ3n) is 6.12. The lowest BCUT2D eigenvalue weighted by atomic mass is 9.94. The highest BCUT2D eigenvalue weighted by Crippen LogP contribution is 2.37. The number of rotatable bonds is 7. The molecule has 1 aliphatic heterocycles. The van der Waals surface area contributed by atoms with Gasteiger partial charge in [0.25, 0.3) is 5.56 Å². The number of fused-ring (bicyclic) bond motifs is 3. The Balaban J connectivity index is 1.51. The van der Waals surface area contributed by atoms with Crippen LogP contribution in [0.1, 0.15) is 40.2 Å². The number of nitrogens with zero attached hydrogens (tertiary/aromatic N) is 2. The molecule has 0 fully saturated rings. The topological polar surface area (TPSA) is 61.2 Å². The van der Waals surface area contributed by atoms with Crippen LogP contribution < -0.4 is 5.56 Å². The van der Waals surface area contributed by atoms with E-state index in [0.29, 0.717) is 47.1 Å². The van der Waals surface area contributed by atoms with Gasteiger partial charge in [0.2, 0.25) is 0 Å². The summed E-state index contributed by atoms with van der Waals surface area (Å²) in [4.78, 5) is 33.3. The molecule has 0 atom stereocenters. The van der Waals surface area contributed by atoms with Gasteiger partial charge in [-0.25, -0.2) is 4.98 Å². The van der Waals surface area contributed by atoms with E-state index in [-0.39, 0.29) is 22.7 Å². The van der Waals surface area contributed by atoms with E-state index < -0.39 is 0 Å². The molecule has 0 unspecified atom stereocenters. The number of carbonyl (C=O) groups is 1. The van der Waals surface area contributed by atoms with Crippen molar-refractivity contribution in [2.75, 3.05) is 5.75 Å². The van der Waals surface area contributed by atoms with Crippen molar-refractivity contribution in [1.29, 1.82) is 0 Å². The van der Waals surface area contributed by atoms with Crippen LogP contribution in [0.15, 0.2) is 64.5 Å². The lowest BCUT2D eigenvalue weighted by Gasteiger charge is -2.29. The number of Topliss-reactive ketones (excluding diaryl/α,β-unsaturated/α-hetero) is 1. The van der Waals surface area contributed by atoms with E-state index in [1.807, 2.05) is 32.0 Å². The van der Waals surface area contributed by atoms with Crippen molar-refractivity contribution in [3.05, 3.63) is 91.5 Å². The predicted molar refractivity (Wildman–Crippen MR) is 143 cm³/mol. The molecule has 4 aromatic rings. The summed E-state index contributed by atoms with van der Waals surface area (Å²) < 4.78 is 7.72. The molecule has 1 aliphatic rings. The molecule has 8 heteroatoms. The summed E-state index contributed by atoms with van der Waals surface area (Å²) in [6.45, 7) is 5.08. The predicted octanol–water partition coefficient (Wildman–Crippen LogP) is 6.18. The molecule has 0 bridgehead atoms. The van der Waals surface area contributed by atoms with Gasteiger partial charge in [-0.15, -0.1) is 11.3 Å². The molecular formula is C27H25ClN2O3S2. The van der Waals surface area contributed by atoms with Crippen LogP contribution >= 0.6 is 34.7 Å². The van der Waals surface area contributed by atoms with E-state index >= 15 is 0 Å². The van der Waals surface area contributed by atoms with Crippen molar-refractivity contribution in [3.63, 3.8) is 0 Å². The second kappa shape index (κ2) is 9.90. The van der Waals surface area contributed by atoms with Gasteiger partial charge >= 0.3 is 0 Å². The van der Waals surface area contributed by atoms with Crippen LogP contribution in [0.2, 0.25) is 5.02 Å². The highest BCUT2D eigenvalue weighted by atomic mass is 35.5. The quantitative estimate of drug-likeness (QED) is 0.164. The van der Waals surface area contributed by atoms with Crippen LogP contribution in [-0.2, 0) is 30.7 Å². The van der Waals surface area contributed by atoms with Crippen molar-refractivity contribution >= 4 is 50.7 Å². The first-order chi connectivity index (χ1) is 16.8. The molecule has 0 radical (unpaired) electrons. The average Bonchev–Trinajstić information content (AvgIpc) is 3.19. The maximum Gasteiger partial charge on any atom is 0.263 e. The summed E-state index contributed by atoms with van der Waals surface area (Å²) in [7, 11) is 0. The highest BCUT2D eigenvalue weighted by Gasteiger charge is 2.31. The first-order valence-corrected chi connectivity index (χ1v) is 13.6. The summed E-state index contributed by atoms with van der Waals surface area (Å²) >= 11 is 8.79.